The van der Waals surface area contributed by atoms with Gasteiger partial charge in [-0.05, 0) is 6.42 Å². The van der Waals surface area contributed by atoms with E-state index >= 15 is 0 Å². The van der Waals surface area contributed by atoms with Crippen molar-refractivity contribution in [3.63, 3.8) is 0 Å². The van der Waals surface area contributed by atoms with Gasteiger partial charge < -0.3 is 15.6 Å². The van der Waals surface area contributed by atoms with Gasteiger partial charge in [0.15, 0.2) is 0 Å². The van der Waals surface area contributed by atoms with Crippen LogP contribution in [0.1, 0.15) is 31.5 Å². The summed E-state index contributed by atoms with van der Waals surface area (Å²) < 4.78 is 0. The topological polar surface area (TPSA) is 75.0 Å². The molecule has 0 radical (unpaired) electrons. The van der Waals surface area contributed by atoms with Crippen molar-refractivity contribution in [2.45, 2.75) is 31.8 Å². The summed E-state index contributed by atoms with van der Waals surface area (Å²) in [6.07, 6.45) is 4.74. The molecule has 0 bridgehead atoms. The molecule has 0 saturated carbocycles. The molecule has 1 aliphatic heterocycles. The van der Waals surface area contributed by atoms with Crippen LogP contribution >= 0.6 is 0 Å². The molecule has 0 aromatic carbocycles. The van der Waals surface area contributed by atoms with Crippen molar-refractivity contribution in [3.05, 3.63) is 18.2 Å². The van der Waals surface area contributed by atoms with Crippen molar-refractivity contribution in [2.24, 2.45) is 5.73 Å². The maximum Gasteiger partial charge on any atom is 0.224 e. The third-order valence-electron chi connectivity index (χ3n) is 2.77. The Kier molecular flexibility index (Phi) is 2.73. The van der Waals surface area contributed by atoms with Crippen LogP contribution in [0.2, 0.25) is 0 Å². The van der Waals surface area contributed by atoms with Crippen molar-refractivity contribution in [1.29, 1.82) is 0 Å². The van der Waals surface area contributed by atoms with Gasteiger partial charge in [0.05, 0.1) is 24.3 Å². The van der Waals surface area contributed by atoms with Gasteiger partial charge in [0.25, 0.3) is 0 Å². The molecule has 0 unspecified atom stereocenters. The standard InChI is InChI=1S/C10H16N4O/c1-2-3-14-9(15)4-7(11)10(14)8-5-12-6-13-8/h5-7,10H,2-4,11H2,1H3,(H,12,13)/t7-,10-/m0/s1. The summed E-state index contributed by atoms with van der Waals surface area (Å²) >= 11 is 0. The number of hydrogen-bond donors (Lipinski definition) is 2. The zero-order valence-corrected chi connectivity index (χ0v) is 8.81. The Balaban J connectivity index is 2.23. The van der Waals surface area contributed by atoms with E-state index in [0.717, 1.165) is 18.7 Å². The van der Waals surface area contributed by atoms with E-state index in [4.69, 9.17) is 5.73 Å². The smallest absolute Gasteiger partial charge is 0.224 e. The quantitative estimate of drug-likeness (QED) is 0.756. The monoisotopic (exact) mass is 208 g/mol. The fraction of sp³-hybridized carbons (Fsp3) is 0.600. The van der Waals surface area contributed by atoms with Crippen molar-refractivity contribution in [3.8, 4) is 0 Å². The lowest BCUT2D eigenvalue weighted by molar-refractivity contribution is -0.129. The molecule has 1 aliphatic rings. The molecule has 0 spiro atoms. The number of aromatic nitrogens is 2. The van der Waals surface area contributed by atoms with E-state index in [9.17, 15) is 4.79 Å². The highest BCUT2D eigenvalue weighted by Gasteiger charge is 2.38. The van der Waals surface area contributed by atoms with Crippen LogP contribution in [0.25, 0.3) is 0 Å². The van der Waals surface area contributed by atoms with E-state index in [2.05, 4.69) is 16.9 Å². The molecule has 0 aliphatic carbocycles. The number of nitrogens with two attached hydrogens (primary N) is 1. The largest absolute Gasteiger partial charge is 0.347 e. The minimum absolute atomic E-state index is 0.0278. The first-order valence-electron chi connectivity index (χ1n) is 5.27. The summed E-state index contributed by atoms with van der Waals surface area (Å²) in [4.78, 5) is 20.5. The summed E-state index contributed by atoms with van der Waals surface area (Å²) in [7, 11) is 0. The van der Waals surface area contributed by atoms with Gasteiger partial charge in [-0.25, -0.2) is 4.98 Å². The number of imidazole rings is 1. The molecule has 5 nitrogen and oxygen atoms in total. The lowest BCUT2D eigenvalue weighted by Crippen LogP contribution is -2.33. The molecule has 82 valence electrons. The Morgan fingerprint density at radius 1 is 1.73 bits per heavy atom. The molecule has 1 aromatic rings. The van der Waals surface area contributed by atoms with Crippen LogP contribution in [0.3, 0.4) is 0 Å². The zero-order chi connectivity index (χ0) is 10.8. The number of aromatic amines is 1. The van der Waals surface area contributed by atoms with E-state index in [1.165, 1.54) is 0 Å². The van der Waals surface area contributed by atoms with Crippen molar-refractivity contribution >= 4 is 5.91 Å². The Bertz CT molecular complexity index is 335. The fourth-order valence-electron chi connectivity index (χ4n) is 2.15. The Labute approximate surface area is 88.7 Å². The van der Waals surface area contributed by atoms with Crippen molar-refractivity contribution < 1.29 is 4.79 Å². The van der Waals surface area contributed by atoms with Gasteiger partial charge >= 0.3 is 0 Å². The van der Waals surface area contributed by atoms with Crippen molar-refractivity contribution in [1.82, 2.24) is 14.9 Å². The maximum atomic E-state index is 11.7. The van der Waals surface area contributed by atoms with Gasteiger partial charge in [-0.1, -0.05) is 6.92 Å². The Morgan fingerprint density at radius 2 is 2.53 bits per heavy atom. The fourth-order valence-corrected chi connectivity index (χ4v) is 2.15. The summed E-state index contributed by atoms with van der Waals surface area (Å²) in [6.45, 7) is 2.82. The van der Waals surface area contributed by atoms with Gasteiger partial charge in [0.2, 0.25) is 5.91 Å². The van der Waals surface area contributed by atoms with Gasteiger partial charge in [-0.15, -0.1) is 0 Å². The predicted octanol–water partition coefficient (Wildman–Crippen LogP) is 0.420. The van der Waals surface area contributed by atoms with Crippen LogP contribution in [0.4, 0.5) is 0 Å². The number of H-pyrrole nitrogens is 1. The molecule has 1 amide bonds. The molecule has 2 heterocycles. The number of amides is 1. The third-order valence-corrected chi connectivity index (χ3v) is 2.77. The highest BCUT2D eigenvalue weighted by molar-refractivity contribution is 5.80. The third kappa shape index (κ3) is 1.74. The van der Waals surface area contributed by atoms with Gasteiger partial charge in [-0.3, -0.25) is 4.79 Å². The second-order valence-corrected chi connectivity index (χ2v) is 3.91. The molecule has 15 heavy (non-hydrogen) atoms. The summed E-state index contributed by atoms with van der Waals surface area (Å²) in [5, 5.41) is 0. The highest BCUT2D eigenvalue weighted by Crippen LogP contribution is 2.30. The van der Waals surface area contributed by atoms with Gasteiger partial charge in [-0.2, -0.15) is 0 Å². The predicted molar refractivity (Wildman–Crippen MR) is 55.9 cm³/mol. The van der Waals surface area contributed by atoms with Crippen molar-refractivity contribution in [2.75, 3.05) is 6.54 Å². The minimum atomic E-state index is -0.121. The van der Waals surface area contributed by atoms with Crippen LogP contribution in [0.5, 0.6) is 0 Å². The average Bonchev–Trinajstić information content (AvgIpc) is 2.77. The number of nitrogens with one attached hydrogen (secondary N) is 1. The van der Waals surface area contributed by atoms with E-state index in [1.54, 1.807) is 12.5 Å². The van der Waals surface area contributed by atoms with Crippen LogP contribution in [-0.4, -0.2) is 33.4 Å². The minimum Gasteiger partial charge on any atom is -0.347 e. The van der Waals surface area contributed by atoms with Crippen LogP contribution in [-0.2, 0) is 4.79 Å². The average molecular weight is 208 g/mol. The van der Waals surface area contributed by atoms with E-state index < -0.39 is 0 Å². The highest BCUT2D eigenvalue weighted by atomic mass is 16.2. The lowest BCUT2D eigenvalue weighted by Gasteiger charge is -2.25. The first kappa shape index (κ1) is 10.2. The summed E-state index contributed by atoms with van der Waals surface area (Å²) in [6, 6.07) is -0.149. The summed E-state index contributed by atoms with van der Waals surface area (Å²) in [5.74, 6) is 0.143. The number of nitrogens with zero attached hydrogens (tertiary/aromatic N) is 2. The number of carbonyl (C=O) groups is 1. The zero-order valence-electron chi connectivity index (χ0n) is 8.81. The van der Waals surface area contributed by atoms with Gasteiger partial charge in [0, 0.05) is 19.0 Å². The molecule has 1 fully saturated rings. The first-order chi connectivity index (χ1) is 7.24. The number of carbonyl (C=O) groups excluding carboxylic acids is 1. The molecular weight excluding hydrogens is 192 g/mol. The number of rotatable bonds is 3. The van der Waals surface area contributed by atoms with E-state index in [-0.39, 0.29) is 18.0 Å². The van der Waals surface area contributed by atoms with Crippen LogP contribution < -0.4 is 5.73 Å². The van der Waals surface area contributed by atoms with Gasteiger partial charge in [0.1, 0.15) is 0 Å². The number of hydrogen-bond acceptors (Lipinski definition) is 3. The Morgan fingerprint density at radius 3 is 3.13 bits per heavy atom. The molecule has 3 N–H and O–H groups in total. The molecule has 1 saturated heterocycles. The van der Waals surface area contributed by atoms with Crippen LogP contribution in [0, 0.1) is 0 Å². The first-order valence-corrected chi connectivity index (χ1v) is 5.27. The second-order valence-electron chi connectivity index (χ2n) is 3.91. The van der Waals surface area contributed by atoms with Crippen LogP contribution in [0.15, 0.2) is 12.5 Å². The van der Waals surface area contributed by atoms with E-state index in [0.29, 0.717) is 6.42 Å². The SMILES string of the molecule is CCCN1C(=O)C[C@H](N)[C@H]1c1cnc[nH]1. The molecular formula is C10H16N4O. The summed E-state index contributed by atoms with van der Waals surface area (Å²) in [5.41, 5.74) is 6.90. The molecule has 2 rings (SSSR count). The normalized spacial score (nSPS) is 26.3. The molecule has 2 atom stereocenters. The molecule has 5 heteroatoms. The van der Waals surface area contributed by atoms with E-state index in [1.807, 2.05) is 4.90 Å². The lowest BCUT2D eigenvalue weighted by atomic mass is 10.1. The second kappa shape index (κ2) is 4.02. The number of likely N-dealkylation sites (tertiary alicyclic amines) is 1. The Hall–Kier alpha value is -1.36. The maximum absolute atomic E-state index is 11.7. The molecule has 1 aromatic heterocycles.